The number of amides is 1. The molecule has 0 aliphatic heterocycles. The quantitative estimate of drug-likeness (QED) is 0.745. The van der Waals surface area contributed by atoms with Crippen LogP contribution in [0.5, 0.6) is 5.75 Å². The summed E-state index contributed by atoms with van der Waals surface area (Å²) < 4.78 is 0. The maximum atomic E-state index is 11.0. The Labute approximate surface area is 114 Å². The Bertz CT molecular complexity index is 762. The molecule has 0 atom stereocenters. The summed E-state index contributed by atoms with van der Waals surface area (Å²) in [6.45, 7) is 1.41. The molecule has 20 heavy (non-hydrogen) atoms. The Morgan fingerprint density at radius 3 is 2.35 bits per heavy atom. The second kappa shape index (κ2) is 4.65. The molecule has 0 unspecified atom stereocenters. The number of nitrogens with one attached hydrogen (secondary N) is 1. The maximum Gasteiger partial charge on any atom is 0.221 e. The number of carbonyl (C=O) groups excluding carboxylic acids is 1. The number of fused-ring (bicyclic) bond motifs is 1. The molecule has 3 aromatic rings. The van der Waals surface area contributed by atoms with E-state index in [1.54, 1.807) is 12.1 Å². The summed E-state index contributed by atoms with van der Waals surface area (Å²) in [5.74, 6) is -0.198. The summed E-state index contributed by atoms with van der Waals surface area (Å²) in [5.41, 5.74) is 2.47. The Kier molecular flexibility index (Phi) is 2.83. The molecule has 1 aromatic heterocycles. The second-order valence-electron chi connectivity index (χ2n) is 4.36. The Morgan fingerprint density at radius 2 is 1.80 bits per heavy atom. The van der Waals surface area contributed by atoms with E-state index in [1.165, 1.54) is 17.8 Å². The highest BCUT2D eigenvalue weighted by atomic mass is 16.3. The van der Waals surface area contributed by atoms with Crippen LogP contribution in [0.2, 0.25) is 0 Å². The van der Waals surface area contributed by atoms with E-state index < -0.39 is 0 Å². The highest BCUT2D eigenvalue weighted by molar-refractivity contribution is 5.89. The van der Waals surface area contributed by atoms with Crippen LogP contribution in [0.15, 0.2) is 42.5 Å². The molecule has 0 aliphatic rings. The van der Waals surface area contributed by atoms with Gasteiger partial charge in [-0.25, -0.2) is 0 Å². The molecule has 0 bridgehead atoms. The van der Waals surface area contributed by atoms with Crippen molar-refractivity contribution in [3.8, 4) is 11.4 Å². The smallest absolute Gasteiger partial charge is 0.221 e. The first-order valence-corrected chi connectivity index (χ1v) is 6.06. The number of nitrogens with zero attached hydrogens (tertiary/aromatic N) is 3. The number of rotatable bonds is 2. The third kappa shape index (κ3) is 2.18. The lowest BCUT2D eigenvalue weighted by molar-refractivity contribution is -0.114. The van der Waals surface area contributed by atoms with Crippen LogP contribution in [0.25, 0.3) is 16.7 Å². The van der Waals surface area contributed by atoms with Crippen LogP contribution in [0.1, 0.15) is 6.92 Å². The van der Waals surface area contributed by atoms with Crippen LogP contribution < -0.4 is 5.32 Å². The predicted octanol–water partition coefficient (Wildman–Crippen LogP) is 2.08. The highest BCUT2D eigenvalue weighted by Crippen LogP contribution is 2.25. The number of benzene rings is 2. The number of aromatic hydroxyl groups is 1. The van der Waals surface area contributed by atoms with E-state index in [1.807, 2.05) is 24.3 Å². The van der Waals surface area contributed by atoms with Crippen LogP contribution in [0.3, 0.4) is 0 Å². The first-order chi connectivity index (χ1) is 9.63. The van der Waals surface area contributed by atoms with Gasteiger partial charge in [0.1, 0.15) is 22.5 Å². The lowest BCUT2D eigenvalue weighted by atomic mass is 10.2. The minimum atomic E-state index is -0.194. The van der Waals surface area contributed by atoms with Crippen molar-refractivity contribution in [2.45, 2.75) is 6.92 Å². The summed E-state index contributed by atoms with van der Waals surface area (Å²) in [7, 11) is 0. The van der Waals surface area contributed by atoms with Crippen LogP contribution >= 0.6 is 0 Å². The monoisotopic (exact) mass is 268 g/mol. The van der Waals surface area contributed by atoms with Gasteiger partial charge >= 0.3 is 0 Å². The molecule has 3 rings (SSSR count). The van der Waals surface area contributed by atoms with E-state index in [2.05, 4.69) is 15.5 Å². The Balaban J connectivity index is 2.03. The molecule has 6 heteroatoms. The van der Waals surface area contributed by atoms with Gasteiger partial charge in [-0.3, -0.25) is 4.79 Å². The molecule has 0 fully saturated rings. The van der Waals surface area contributed by atoms with E-state index in [0.29, 0.717) is 11.4 Å². The van der Waals surface area contributed by atoms with Gasteiger partial charge in [-0.2, -0.15) is 0 Å². The van der Waals surface area contributed by atoms with Crippen LogP contribution in [0.4, 0.5) is 5.69 Å². The molecule has 0 saturated heterocycles. The van der Waals surface area contributed by atoms with Crippen molar-refractivity contribution in [3.63, 3.8) is 0 Å². The van der Waals surface area contributed by atoms with Crippen molar-refractivity contribution < 1.29 is 9.90 Å². The molecule has 2 aromatic carbocycles. The van der Waals surface area contributed by atoms with E-state index in [0.717, 1.165) is 11.0 Å². The zero-order chi connectivity index (χ0) is 14.1. The van der Waals surface area contributed by atoms with Gasteiger partial charge in [-0.1, -0.05) is 12.1 Å². The molecule has 0 aliphatic carbocycles. The topological polar surface area (TPSA) is 80.0 Å². The fraction of sp³-hybridized carbons (Fsp3) is 0.0714. The summed E-state index contributed by atoms with van der Waals surface area (Å²) in [6, 6.07) is 12.3. The third-order valence-electron chi connectivity index (χ3n) is 2.80. The van der Waals surface area contributed by atoms with Gasteiger partial charge < -0.3 is 10.4 Å². The van der Waals surface area contributed by atoms with Gasteiger partial charge in [0.05, 0.1) is 0 Å². The summed E-state index contributed by atoms with van der Waals surface area (Å²) in [5, 5.41) is 21.2. The number of carbonyl (C=O) groups is 1. The molecule has 2 N–H and O–H groups in total. The van der Waals surface area contributed by atoms with Crippen LogP contribution in [0, 0.1) is 0 Å². The highest BCUT2D eigenvalue weighted by Gasteiger charge is 2.09. The van der Waals surface area contributed by atoms with Crippen molar-refractivity contribution >= 4 is 22.6 Å². The van der Waals surface area contributed by atoms with Gasteiger partial charge in [0.2, 0.25) is 5.91 Å². The van der Waals surface area contributed by atoms with E-state index >= 15 is 0 Å². The minimum absolute atomic E-state index is 0.00319. The zero-order valence-corrected chi connectivity index (χ0v) is 10.7. The maximum absolute atomic E-state index is 11.0. The summed E-state index contributed by atoms with van der Waals surface area (Å²) in [4.78, 5) is 12.3. The standard InChI is InChI=1S/C14H12N4O2/c1-9(19)15-10-6-7-13(14(20)8-10)18-16-11-4-2-3-5-12(11)17-18/h2-8,20H,1H3,(H,15,19). The zero-order valence-electron chi connectivity index (χ0n) is 10.7. The van der Waals surface area contributed by atoms with Gasteiger partial charge in [-0.15, -0.1) is 15.0 Å². The third-order valence-corrected chi connectivity index (χ3v) is 2.80. The SMILES string of the molecule is CC(=O)Nc1ccc(-n2nc3ccccc3n2)c(O)c1. The van der Waals surface area contributed by atoms with E-state index in [4.69, 9.17) is 0 Å². The van der Waals surface area contributed by atoms with Gasteiger partial charge in [0.15, 0.2) is 0 Å². The first kappa shape index (κ1) is 12.2. The Morgan fingerprint density at radius 1 is 1.15 bits per heavy atom. The molecule has 0 saturated carbocycles. The van der Waals surface area contributed by atoms with Gasteiger partial charge in [0, 0.05) is 18.7 Å². The van der Waals surface area contributed by atoms with Crippen molar-refractivity contribution in [3.05, 3.63) is 42.5 Å². The average Bonchev–Trinajstić information content (AvgIpc) is 2.81. The molecule has 1 amide bonds. The number of aromatic nitrogens is 3. The molecular weight excluding hydrogens is 256 g/mol. The van der Waals surface area contributed by atoms with Crippen LogP contribution in [-0.4, -0.2) is 26.0 Å². The minimum Gasteiger partial charge on any atom is -0.506 e. The van der Waals surface area contributed by atoms with E-state index in [9.17, 15) is 9.90 Å². The molecule has 0 radical (unpaired) electrons. The van der Waals surface area contributed by atoms with Crippen molar-refractivity contribution in [2.24, 2.45) is 0 Å². The fourth-order valence-electron chi connectivity index (χ4n) is 1.94. The second-order valence-corrected chi connectivity index (χ2v) is 4.36. The number of phenolic OH excluding ortho intramolecular Hbond substituents is 1. The van der Waals surface area contributed by atoms with Crippen molar-refractivity contribution in [1.82, 2.24) is 15.0 Å². The molecular formula is C14H12N4O2. The van der Waals surface area contributed by atoms with Crippen molar-refractivity contribution in [2.75, 3.05) is 5.32 Å². The number of hydrogen-bond acceptors (Lipinski definition) is 4. The number of hydrogen-bond donors (Lipinski definition) is 2. The van der Waals surface area contributed by atoms with Crippen LogP contribution in [-0.2, 0) is 4.79 Å². The Hall–Kier alpha value is -2.89. The van der Waals surface area contributed by atoms with E-state index in [-0.39, 0.29) is 11.7 Å². The number of phenols is 1. The summed E-state index contributed by atoms with van der Waals surface area (Å²) >= 11 is 0. The first-order valence-electron chi connectivity index (χ1n) is 6.06. The van der Waals surface area contributed by atoms with Gasteiger partial charge in [-0.05, 0) is 24.3 Å². The number of anilines is 1. The predicted molar refractivity (Wildman–Crippen MR) is 74.8 cm³/mol. The molecule has 1 heterocycles. The molecule has 6 nitrogen and oxygen atoms in total. The normalized spacial score (nSPS) is 10.7. The largest absolute Gasteiger partial charge is 0.506 e. The molecule has 100 valence electrons. The lowest BCUT2D eigenvalue weighted by Gasteiger charge is -2.06. The van der Waals surface area contributed by atoms with Crippen molar-refractivity contribution in [1.29, 1.82) is 0 Å². The lowest BCUT2D eigenvalue weighted by Crippen LogP contribution is -2.06. The fourth-order valence-corrected chi connectivity index (χ4v) is 1.94. The average molecular weight is 268 g/mol. The molecule has 0 spiro atoms. The van der Waals surface area contributed by atoms with Gasteiger partial charge in [0.25, 0.3) is 0 Å². The summed E-state index contributed by atoms with van der Waals surface area (Å²) in [6.07, 6.45) is 0.